The summed E-state index contributed by atoms with van der Waals surface area (Å²) < 4.78 is 25.9. The van der Waals surface area contributed by atoms with Crippen molar-refractivity contribution in [3.05, 3.63) is 271 Å². The van der Waals surface area contributed by atoms with Gasteiger partial charge in [0.25, 0.3) is 0 Å². The minimum atomic E-state index is -0.687. The molecule has 0 N–H and O–H groups in total. The van der Waals surface area contributed by atoms with Crippen molar-refractivity contribution in [1.82, 2.24) is 0 Å². The predicted octanol–water partition coefficient (Wildman–Crippen LogP) is 21.9. The van der Waals surface area contributed by atoms with E-state index in [-0.39, 0.29) is 36.5 Å². The number of carbonyl (C=O) groups is 3. The lowest BCUT2D eigenvalue weighted by Crippen LogP contribution is -2.17. The fraction of sp³-hybridized carbons (Fsp3) is 0.148. The molecule has 6 aliphatic heterocycles. The van der Waals surface area contributed by atoms with Gasteiger partial charge < -0.3 is 14.2 Å². The van der Waals surface area contributed by atoms with E-state index in [1.54, 1.807) is 70.6 Å². The van der Waals surface area contributed by atoms with E-state index < -0.39 is 17.9 Å². The van der Waals surface area contributed by atoms with E-state index in [0.29, 0.717) is 0 Å². The summed E-state index contributed by atoms with van der Waals surface area (Å²) >= 11 is 21.0. The van der Waals surface area contributed by atoms with Gasteiger partial charge in [-0.3, -0.25) is 0 Å². The Bertz CT molecular complexity index is 5170. The SMILES string of the molecule is CC1=C(C)SC(=c2c3ccccc3c(=C3SC(C)=C(COC(=O)c4cc(C(=O)OCC5=C(C)SC(=c6c7ccccc7c(=C7SC(C)=C(C)S7)c7ccccc67)S5)cc(C(=O)OCC5=C(C)SC(=c6c7ccccc7c(=C7SC(C)=C(C)S7)c7ccccc67)S5)c4)S3)c3ccccc23)S1. The van der Waals surface area contributed by atoms with Crippen molar-refractivity contribution >= 4 is 249 Å². The first-order valence-corrected chi connectivity index (χ1v) is 41.8. The van der Waals surface area contributed by atoms with Crippen LogP contribution in [0, 0.1) is 0 Å². The van der Waals surface area contributed by atoms with Crippen LogP contribution in [-0.4, -0.2) is 37.7 Å². The summed E-state index contributed by atoms with van der Waals surface area (Å²) in [5, 5.41) is 21.4. The maximum atomic E-state index is 14.7. The maximum Gasteiger partial charge on any atom is 0.338 e. The van der Waals surface area contributed by atoms with Crippen molar-refractivity contribution in [2.75, 3.05) is 19.8 Å². The van der Waals surface area contributed by atoms with Gasteiger partial charge in [-0.15, -0.1) is 0 Å². The second-order valence-corrected chi connectivity index (χ2v) is 40.2. The molecule has 0 radical (unpaired) electrons. The van der Waals surface area contributed by atoms with E-state index in [9.17, 15) is 14.4 Å². The molecule has 18 heteroatoms. The third-order valence-electron chi connectivity index (χ3n) is 18.2. The Hall–Kier alpha value is -5.97. The summed E-state index contributed by atoms with van der Waals surface area (Å²) in [6.45, 7) is 19.3. The highest BCUT2D eigenvalue weighted by Gasteiger charge is 2.30. The molecule has 0 amide bonds. The molecule has 0 atom stereocenters. The van der Waals surface area contributed by atoms with Crippen molar-refractivity contribution in [1.29, 1.82) is 0 Å². The zero-order chi connectivity index (χ0) is 68.1. The molecule has 6 nitrogen and oxygen atoms in total. The van der Waals surface area contributed by atoms with E-state index in [1.165, 1.54) is 108 Å². The Morgan fingerprint density at radius 1 is 0.232 bits per heavy atom. The number of allylic oxidation sites excluding steroid dienone is 9. The Kier molecular flexibility index (Phi) is 19.1. The lowest BCUT2D eigenvalue weighted by Gasteiger charge is -2.12. The summed E-state index contributed by atoms with van der Waals surface area (Å²) in [7, 11) is 0. The third kappa shape index (κ3) is 12.6. The fourth-order valence-corrected chi connectivity index (χ4v) is 28.8. The number of esters is 3. The average molecular weight is 1510 g/mol. The van der Waals surface area contributed by atoms with Gasteiger partial charge in [-0.05, 0) is 175 Å². The normalized spacial score (nSPS) is 16.9. The minimum Gasteiger partial charge on any atom is -0.457 e. The molecule has 6 aliphatic rings. The minimum absolute atomic E-state index is 0.0195. The topological polar surface area (TPSA) is 78.9 Å². The van der Waals surface area contributed by atoms with Gasteiger partial charge in [0, 0.05) is 60.7 Å². The summed E-state index contributed by atoms with van der Waals surface area (Å²) in [4.78, 5) is 57.9. The molecule has 0 spiro atoms. The number of fused-ring (bicyclic) bond motifs is 6. The molecule has 0 aliphatic carbocycles. The van der Waals surface area contributed by atoms with Crippen LogP contribution in [0.25, 0.3) is 90.1 Å². The molecule has 16 rings (SSSR count). The second-order valence-electron chi connectivity index (χ2n) is 24.3. The number of thioether (sulfide) groups is 12. The van der Waals surface area contributed by atoms with Gasteiger partial charge in [-0.25, -0.2) is 14.4 Å². The Morgan fingerprint density at radius 3 is 0.556 bits per heavy atom. The van der Waals surface area contributed by atoms with Gasteiger partial charge in [0.05, 0.1) is 42.1 Å². The molecule has 0 saturated carbocycles. The lowest BCUT2D eigenvalue weighted by atomic mass is 9.99. The first kappa shape index (κ1) is 67.5. The molecule has 0 saturated heterocycles. The molecule has 10 aromatic rings. The molecule has 6 heterocycles. The zero-order valence-corrected chi connectivity index (χ0v) is 64.9. The summed E-state index contributed by atoms with van der Waals surface area (Å²) in [5.41, 5.74) is 0.0905. The van der Waals surface area contributed by atoms with Crippen LogP contribution in [0.2, 0.25) is 0 Å². The summed E-state index contributed by atoms with van der Waals surface area (Å²) in [5.74, 6) is -2.06. The maximum absolute atomic E-state index is 14.7. The number of hydrogen-bond acceptors (Lipinski definition) is 18. The summed E-state index contributed by atoms with van der Waals surface area (Å²) in [6, 6.07) is 56.4. The van der Waals surface area contributed by atoms with Crippen LogP contribution in [0.5, 0.6) is 0 Å². The molecule has 492 valence electrons. The van der Waals surface area contributed by atoms with Crippen LogP contribution in [0.15, 0.2) is 223 Å². The smallest absolute Gasteiger partial charge is 0.338 e. The van der Waals surface area contributed by atoms with E-state index in [0.717, 1.165) is 90.1 Å². The van der Waals surface area contributed by atoms with Crippen LogP contribution in [0.4, 0.5) is 0 Å². The molecular formula is C81H60O6S12. The Morgan fingerprint density at radius 2 is 0.384 bits per heavy atom. The Labute approximate surface area is 624 Å². The highest BCUT2D eigenvalue weighted by molar-refractivity contribution is 8.38. The van der Waals surface area contributed by atoms with Gasteiger partial charge in [-0.1, -0.05) is 287 Å². The predicted molar refractivity (Wildman–Crippen MR) is 444 cm³/mol. The zero-order valence-electron chi connectivity index (χ0n) is 55.1. The van der Waals surface area contributed by atoms with Crippen LogP contribution in [-0.2, 0) is 14.2 Å². The van der Waals surface area contributed by atoms with Crippen LogP contribution in [0.1, 0.15) is 93.4 Å². The first-order valence-electron chi connectivity index (χ1n) is 32.0. The molecule has 0 fully saturated rings. The van der Waals surface area contributed by atoms with Gasteiger partial charge >= 0.3 is 17.9 Å². The number of ether oxygens (including phenoxy) is 3. The van der Waals surface area contributed by atoms with Crippen LogP contribution < -0.4 is 31.3 Å². The van der Waals surface area contributed by atoms with Gasteiger partial charge in [0.15, 0.2) is 0 Å². The average Bonchev–Trinajstić information content (AvgIpc) is 1.74. The van der Waals surface area contributed by atoms with Crippen molar-refractivity contribution in [3.63, 3.8) is 0 Å². The molecule has 10 aromatic carbocycles. The van der Waals surface area contributed by atoms with E-state index in [2.05, 4.69) is 208 Å². The highest BCUT2D eigenvalue weighted by atomic mass is 32.2. The van der Waals surface area contributed by atoms with Crippen molar-refractivity contribution in [2.45, 2.75) is 62.3 Å². The van der Waals surface area contributed by atoms with Crippen molar-refractivity contribution in [2.24, 2.45) is 0 Å². The number of benzene rings is 10. The lowest BCUT2D eigenvalue weighted by molar-refractivity contribution is 0.0543. The largest absolute Gasteiger partial charge is 0.457 e. The summed E-state index contributed by atoms with van der Waals surface area (Å²) in [6.07, 6.45) is 0. The van der Waals surface area contributed by atoms with Crippen LogP contribution in [0.3, 0.4) is 0 Å². The first-order chi connectivity index (χ1) is 48.0. The second kappa shape index (κ2) is 28.0. The standard InChI is InChI=1S/C81H60O6S12/c1-40-41(2)89-76(88-40)67-52-22-10-16-28-58(52)70(59-29-17-11-23-53(59)67)79-94-46(7)64(97-79)37-85-73(82)49-34-50(74(83)86-38-65-47(8)95-80(98-65)71-60-30-18-12-24-54(60)68(55-25-13-19-31-61(55)71)77-90-42(3)43(4)91-77)36-51(35-49)75(84)87-39-66-48(9)96-81(99-66)72-62-32-20-14-26-56(62)69(57-27-15-21-33-63(57)72)78-92-44(5)45(6)93-78/h10-36H,37-39H2,1-9H3. The molecule has 99 heavy (non-hydrogen) atoms. The Balaban J connectivity index is 0.703. The molecule has 0 aromatic heterocycles. The number of hydrogen-bond donors (Lipinski definition) is 0. The fourth-order valence-electron chi connectivity index (χ4n) is 12.9. The van der Waals surface area contributed by atoms with E-state index >= 15 is 0 Å². The molecule has 0 unspecified atom stereocenters. The van der Waals surface area contributed by atoms with Crippen molar-refractivity contribution in [3.8, 4) is 0 Å². The monoisotopic (exact) mass is 1510 g/mol. The highest BCUT2D eigenvalue weighted by Crippen LogP contribution is 2.55. The molecule has 0 bridgehead atoms. The van der Waals surface area contributed by atoms with Crippen molar-refractivity contribution < 1.29 is 28.6 Å². The quantitative estimate of drug-likeness (QED) is 0.0781. The number of rotatable bonds is 9. The third-order valence-corrected chi connectivity index (χ3v) is 34.0. The van der Waals surface area contributed by atoms with Gasteiger partial charge in [0.1, 0.15) is 19.8 Å². The number of carbonyl (C=O) groups excluding carboxylic acids is 3. The van der Waals surface area contributed by atoms with Gasteiger partial charge in [-0.2, -0.15) is 0 Å². The van der Waals surface area contributed by atoms with Gasteiger partial charge in [0.2, 0.25) is 0 Å². The van der Waals surface area contributed by atoms with E-state index in [1.807, 2.05) is 70.6 Å². The van der Waals surface area contributed by atoms with E-state index in [4.69, 9.17) is 14.2 Å². The van der Waals surface area contributed by atoms with Crippen LogP contribution >= 0.6 is 141 Å². The molecular weight excluding hydrogens is 1450 g/mol.